The molecule has 3 N–H and O–H groups in total. The number of phenols is 1. The van der Waals surface area contributed by atoms with Gasteiger partial charge in [-0.3, -0.25) is 14.4 Å². The van der Waals surface area contributed by atoms with Crippen molar-refractivity contribution in [2.24, 2.45) is 0 Å². The van der Waals surface area contributed by atoms with Gasteiger partial charge in [-0.25, -0.2) is 4.79 Å². The maximum atomic E-state index is 14.3. The predicted molar refractivity (Wildman–Crippen MR) is 152 cm³/mol. The van der Waals surface area contributed by atoms with Crippen LogP contribution in [0, 0.1) is 0 Å². The molecule has 2 unspecified atom stereocenters. The first kappa shape index (κ1) is 34.1. The molecule has 0 radical (unpaired) electrons. The van der Waals surface area contributed by atoms with E-state index in [0.29, 0.717) is 18.6 Å². The standard InChI is InChI=1S/C28H45N3O7S/c1-9-28(6,7)31(25(35)20(16-18-39-8)30-26(36)38-27(3,4)5)23(19-13-11-12-14-21(19)32)24(34)29-17-15-22(33)37-10-2/h11-14,20,23,32H,9-10,15-18H2,1-8H3,(H,29,34)(H,30,36). The average Bonchev–Trinajstić information content (AvgIpc) is 2.84. The van der Waals surface area contributed by atoms with Crippen molar-refractivity contribution in [3.05, 3.63) is 29.8 Å². The van der Waals surface area contributed by atoms with Gasteiger partial charge in [0.05, 0.1) is 13.0 Å². The van der Waals surface area contributed by atoms with E-state index in [1.54, 1.807) is 45.9 Å². The SMILES string of the molecule is CCOC(=O)CCNC(=O)C(c1ccccc1O)N(C(=O)C(CCSC)NC(=O)OC(C)(C)C)C(C)(C)CC. The number of phenolic OH excluding ortho intramolecular Hbond substituents is 1. The predicted octanol–water partition coefficient (Wildman–Crippen LogP) is 4.17. The monoisotopic (exact) mass is 567 g/mol. The second kappa shape index (κ2) is 15.6. The topological polar surface area (TPSA) is 134 Å². The maximum absolute atomic E-state index is 14.3. The number of ether oxygens (including phenoxy) is 2. The van der Waals surface area contributed by atoms with Crippen molar-refractivity contribution < 1.29 is 33.8 Å². The summed E-state index contributed by atoms with van der Waals surface area (Å²) in [6.45, 7) is 12.6. The lowest BCUT2D eigenvalue weighted by molar-refractivity contribution is -0.149. The van der Waals surface area contributed by atoms with Crippen molar-refractivity contribution in [3.63, 3.8) is 0 Å². The van der Waals surface area contributed by atoms with Crippen molar-refractivity contribution in [1.82, 2.24) is 15.5 Å². The van der Waals surface area contributed by atoms with E-state index >= 15 is 0 Å². The number of thioether (sulfide) groups is 1. The van der Waals surface area contributed by atoms with Crippen molar-refractivity contribution in [2.75, 3.05) is 25.2 Å². The van der Waals surface area contributed by atoms with E-state index in [4.69, 9.17) is 9.47 Å². The van der Waals surface area contributed by atoms with Crippen LogP contribution in [-0.2, 0) is 23.9 Å². The quantitative estimate of drug-likeness (QED) is 0.285. The number of hydrogen-bond donors (Lipinski definition) is 3. The zero-order valence-corrected chi connectivity index (χ0v) is 25.3. The molecule has 0 saturated heterocycles. The molecule has 0 saturated carbocycles. The number of esters is 1. The number of carbonyl (C=O) groups excluding carboxylic acids is 4. The number of hydrogen-bond acceptors (Lipinski definition) is 8. The summed E-state index contributed by atoms with van der Waals surface area (Å²) in [4.78, 5) is 53.9. The minimum atomic E-state index is -1.24. The van der Waals surface area contributed by atoms with Gasteiger partial charge in [0.15, 0.2) is 0 Å². The van der Waals surface area contributed by atoms with Gasteiger partial charge >= 0.3 is 12.1 Å². The Kier molecular flexibility index (Phi) is 13.6. The lowest BCUT2D eigenvalue weighted by Crippen LogP contribution is -2.59. The second-order valence-electron chi connectivity index (χ2n) is 10.7. The zero-order valence-electron chi connectivity index (χ0n) is 24.5. The van der Waals surface area contributed by atoms with E-state index in [-0.39, 0.29) is 30.9 Å². The number of benzene rings is 1. The van der Waals surface area contributed by atoms with Gasteiger partial charge in [0.1, 0.15) is 23.4 Å². The molecule has 220 valence electrons. The van der Waals surface area contributed by atoms with Gasteiger partial charge < -0.3 is 30.1 Å². The van der Waals surface area contributed by atoms with E-state index in [2.05, 4.69) is 10.6 Å². The fourth-order valence-electron chi connectivity index (χ4n) is 3.79. The molecule has 1 aromatic rings. The molecule has 0 heterocycles. The molecule has 1 aromatic carbocycles. The number of aromatic hydroxyl groups is 1. The third-order valence-corrected chi connectivity index (χ3v) is 6.67. The molecular formula is C28H45N3O7S. The Morgan fingerprint density at radius 1 is 1.08 bits per heavy atom. The number of nitrogens with zero attached hydrogens (tertiary/aromatic N) is 1. The molecule has 1 rings (SSSR count). The molecule has 0 aliphatic heterocycles. The lowest BCUT2D eigenvalue weighted by atomic mass is 9.91. The molecule has 39 heavy (non-hydrogen) atoms. The summed E-state index contributed by atoms with van der Waals surface area (Å²) in [6, 6.07) is 4.08. The molecule has 10 nitrogen and oxygen atoms in total. The summed E-state index contributed by atoms with van der Waals surface area (Å²) in [5.41, 5.74) is -1.41. The molecule has 0 aliphatic carbocycles. The third-order valence-electron chi connectivity index (χ3n) is 6.03. The Morgan fingerprint density at radius 2 is 1.72 bits per heavy atom. The number of alkyl carbamates (subject to hydrolysis) is 1. The average molecular weight is 568 g/mol. The van der Waals surface area contributed by atoms with Crippen molar-refractivity contribution in [3.8, 4) is 5.75 Å². The highest BCUT2D eigenvalue weighted by molar-refractivity contribution is 7.98. The summed E-state index contributed by atoms with van der Waals surface area (Å²) < 4.78 is 10.3. The summed E-state index contributed by atoms with van der Waals surface area (Å²) >= 11 is 1.52. The minimum absolute atomic E-state index is 0.0115. The number of rotatable bonds is 14. The first-order valence-electron chi connectivity index (χ1n) is 13.2. The number of amides is 3. The highest BCUT2D eigenvalue weighted by atomic mass is 32.2. The molecule has 11 heteroatoms. The summed E-state index contributed by atoms with van der Waals surface area (Å²) in [5.74, 6) is -1.11. The van der Waals surface area contributed by atoms with Crippen LogP contribution in [0.4, 0.5) is 4.79 Å². The molecule has 2 atom stereocenters. The van der Waals surface area contributed by atoms with Crippen LogP contribution in [0.3, 0.4) is 0 Å². The number of para-hydroxylation sites is 1. The Morgan fingerprint density at radius 3 is 2.26 bits per heavy atom. The minimum Gasteiger partial charge on any atom is -0.508 e. The van der Waals surface area contributed by atoms with Crippen LogP contribution in [0.25, 0.3) is 0 Å². The van der Waals surface area contributed by atoms with E-state index in [1.807, 2.05) is 27.0 Å². The third kappa shape index (κ3) is 11.0. The van der Waals surface area contributed by atoms with Gasteiger partial charge in [0, 0.05) is 17.6 Å². The van der Waals surface area contributed by atoms with Crippen LogP contribution in [-0.4, -0.2) is 76.2 Å². The van der Waals surface area contributed by atoms with Crippen molar-refractivity contribution >= 4 is 35.6 Å². The van der Waals surface area contributed by atoms with Crippen LogP contribution in [0.1, 0.15) is 79.3 Å². The highest BCUT2D eigenvalue weighted by Crippen LogP contribution is 2.36. The largest absolute Gasteiger partial charge is 0.508 e. The van der Waals surface area contributed by atoms with Crippen LogP contribution in [0.15, 0.2) is 24.3 Å². The Hall–Kier alpha value is -2.95. The van der Waals surface area contributed by atoms with E-state index in [9.17, 15) is 24.3 Å². The fourth-order valence-corrected chi connectivity index (χ4v) is 4.26. The van der Waals surface area contributed by atoms with E-state index in [1.165, 1.54) is 22.7 Å². The molecule has 0 bridgehead atoms. The van der Waals surface area contributed by atoms with Gasteiger partial charge in [-0.05, 0) is 72.5 Å². The number of carbonyl (C=O) groups is 4. The van der Waals surface area contributed by atoms with Crippen molar-refractivity contribution in [1.29, 1.82) is 0 Å². The van der Waals surface area contributed by atoms with E-state index in [0.717, 1.165) is 0 Å². The zero-order chi connectivity index (χ0) is 29.8. The first-order valence-corrected chi connectivity index (χ1v) is 14.6. The molecule has 0 fully saturated rings. The van der Waals surface area contributed by atoms with Crippen LogP contribution in [0.5, 0.6) is 5.75 Å². The lowest BCUT2D eigenvalue weighted by Gasteiger charge is -2.44. The summed E-state index contributed by atoms with van der Waals surface area (Å²) in [6.07, 6.45) is 1.88. The maximum Gasteiger partial charge on any atom is 0.408 e. The van der Waals surface area contributed by atoms with Crippen molar-refractivity contribution in [2.45, 2.75) is 91.0 Å². The molecule has 0 aliphatic rings. The highest BCUT2D eigenvalue weighted by Gasteiger charge is 2.43. The smallest absolute Gasteiger partial charge is 0.408 e. The molecule has 3 amide bonds. The molecule has 0 aromatic heterocycles. The fraction of sp³-hybridized carbons (Fsp3) is 0.643. The number of nitrogens with one attached hydrogen (secondary N) is 2. The van der Waals surface area contributed by atoms with Gasteiger partial charge in [-0.1, -0.05) is 25.1 Å². The van der Waals surface area contributed by atoms with E-state index < -0.39 is 47.1 Å². The van der Waals surface area contributed by atoms with Gasteiger partial charge in [0.25, 0.3) is 0 Å². The Labute approximate surface area is 236 Å². The van der Waals surface area contributed by atoms with Crippen LogP contribution < -0.4 is 10.6 Å². The second-order valence-corrected chi connectivity index (χ2v) is 11.6. The van der Waals surface area contributed by atoms with Gasteiger partial charge in [-0.15, -0.1) is 0 Å². The van der Waals surface area contributed by atoms with Gasteiger partial charge in [0.2, 0.25) is 11.8 Å². The Bertz CT molecular complexity index is 978. The summed E-state index contributed by atoms with van der Waals surface area (Å²) in [5, 5.41) is 16.2. The summed E-state index contributed by atoms with van der Waals surface area (Å²) in [7, 11) is 0. The normalized spacial score (nSPS) is 13.1. The first-order chi connectivity index (χ1) is 18.2. The van der Waals surface area contributed by atoms with Gasteiger partial charge in [-0.2, -0.15) is 11.8 Å². The van der Waals surface area contributed by atoms with Crippen LogP contribution in [0.2, 0.25) is 0 Å². The Balaban J connectivity index is 3.54. The molecular weight excluding hydrogens is 522 g/mol. The molecule has 0 spiro atoms. The van der Waals surface area contributed by atoms with Crippen LogP contribution >= 0.6 is 11.8 Å².